The first-order chi connectivity index (χ1) is 10.2. The van der Waals surface area contributed by atoms with Crippen LogP contribution in [0.3, 0.4) is 0 Å². The third kappa shape index (κ3) is 3.85. The zero-order valence-electron chi connectivity index (χ0n) is 13.4. The number of methoxy groups -OCH3 is 1. The Balaban J connectivity index is 2.08. The molecule has 2 rings (SSSR count). The average molecular weight is 283 g/mol. The van der Waals surface area contributed by atoms with Crippen LogP contribution in [0.2, 0.25) is 0 Å². The predicted octanol–water partition coefficient (Wildman–Crippen LogP) is 4.55. The van der Waals surface area contributed by atoms with Crippen LogP contribution in [-0.4, -0.2) is 7.11 Å². The van der Waals surface area contributed by atoms with E-state index in [1.165, 1.54) is 22.3 Å². The third-order valence-corrected chi connectivity index (χ3v) is 4.10. The summed E-state index contributed by atoms with van der Waals surface area (Å²) in [6, 6.07) is 15.2. The lowest BCUT2D eigenvalue weighted by Gasteiger charge is -2.19. The van der Waals surface area contributed by atoms with E-state index in [9.17, 15) is 0 Å². The minimum absolute atomic E-state index is 0.370. The van der Waals surface area contributed by atoms with Gasteiger partial charge < -0.3 is 10.1 Å². The monoisotopic (exact) mass is 283 g/mol. The molecule has 2 aromatic carbocycles. The maximum atomic E-state index is 5.22. The molecule has 0 heterocycles. The van der Waals surface area contributed by atoms with Crippen LogP contribution in [0.5, 0.6) is 5.75 Å². The lowest BCUT2D eigenvalue weighted by molar-refractivity contribution is 0.414. The minimum Gasteiger partial charge on any atom is -0.497 e. The van der Waals surface area contributed by atoms with Gasteiger partial charge in [0, 0.05) is 12.6 Å². The summed E-state index contributed by atoms with van der Waals surface area (Å²) >= 11 is 0. The molecule has 0 aliphatic carbocycles. The molecule has 1 atom stereocenters. The van der Waals surface area contributed by atoms with Crippen molar-refractivity contribution in [1.29, 1.82) is 0 Å². The van der Waals surface area contributed by atoms with Gasteiger partial charge in [0.25, 0.3) is 0 Å². The highest BCUT2D eigenvalue weighted by Crippen LogP contribution is 2.21. The third-order valence-electron chi connectivity index (χ3n) is 4.10. The van der Waals surface area contributed by atoms with E-state index in [0.29, 0.717) is 6.04 Å². The summed E-state index contributed by atoms with van der Waals surface area (Å²) in [6.07, 6.45) is 1.07. The van der Waals surface area contributed by atoms with E-state index in [0.717, 1.165) is 18.7 Å². The molecule has 1 N–H and O–H groups in total. The predicted molar refractivity (Wildman–Crippen MR) is 88.8 cm³/mol. The van der Waals surface area contributed by atoms with Crippen LogP contribution >= 0.6 is 0 Å². The zero-order chi connectivity index (χ0) is 15.2. The highest BCUT2D eigenvalue weighted by molar-refractivity contribution is 5.34. The zero-order valence-corrected chi connectivity index (χ0v) is 13.4. The Hall–Kier alpha value is -1.80. The fourth-order valence-corrected chi connectivity index (χ4v) is 2.69. The van der Waals surface area contributed by atoms with Gasteiger partial charge >= 0.3 is 0 Å². The summed E-state index contributed by atoms with van der Waals surface area (Å²) in [5, 5.41) is 3.68. The molecule has 2 heteroatoms. The van der Waals surface area contributed by atoms with Crippen molar-refractivity contribution < 1.29 is 4.74 Å². The first kappa shape index (κ1) is 15.6. The average Bonchev–Trinajstić information content (AvgIpc) is 2.51. The molecule has 0 fully saturated rings. The summed E-state index contributed by atoms with van der Waals surface area (Å²) in [4.78, 5) is 0. The second-order valence-electron chi connectivity index (χ2n) is 5.49. The van der Waals surface area contributed by atoms with Crippen molar-refractivity contribution in [3.05, 3.63) is 64.7 Å². The molecule has 0 saturated carbocycles. The molecule has 0 spiro atoms. The lowest BCUT2D eigenvalue weighted by atomic mass is 10.0. The highest BCUT2D eigenvalue weighted by Gasteiger charge is 2.10. The van der Waals surface area contributed by atoms with Crippen LogP contribution in [0.4, 0.5) is 0 Å². The van der Waals surface area contributed by atoms with E-state index in [-0.39, 0.29) is 0 Å². The van der Waals surface area contributed by atoms with E-state index in [4.69, 9.17) is 4.74 Å². The molecule has 2 nitrogen and oxygen atoms in total. The Bertz CT molecular complexity index is 554. The van der Waals surface area contributed by atoms with Crippen LogP contribution in [0.15, 0.2) is 42.5 Å². The second kappa shape index (κ2) is 7.28. The van der Waals surface area contributed by atoms with Crippen molar-refractivity contribution in [1.82, 2.24) is 5.32 Å². The largest absolute Gasteiger partial charge is 0.497 e. The van der Waals surface area contributed by atoms with Crippen LogP contribution < -0.4 is 10.1 Å². The van der Waals surface area contributed by atoms with Gasteiger partial charge in [-0.3, -0.25) is 0 Å². The molecule has 21 heavy (non-hydrogen) atoms. The summed E-state index contributed by atoms with van der Waals surface area (Å²) in [5.41, 5.74) is 5.42. The van der Waals surface area contributed by atoms with Crippen LogP contribution in [0.25, 0.3) is 0 Å². The van der Waals surface area contributed by atoms with E-state index >= 15 is 0 Å². The first-order valence-electron chi connectivity index (χ1n) is 7.58. The number of nitrogens with one attached hydrogen (secondary N) is 1. The van der Waals surface area contributed by atoms with E-state index < -0.39 is 0 Å². The van der Waals surface area contributed by atoms with Gasteiger partial charge in [-0.05, 0) is 54.7 Å². The molecule has 0 aromatic heterocycles. The van der Waals surface area contributed by atoms with Gasteiger partial charge in [-0.2, -0.15) is 0 Å². The molecule has 0 aliphatic rings. The Labute approximate surface area is 128 Å². The SMILES string of the molecule is CCC(NCc1c(C)cccc1C)c1ccc(OC)cc1. The maximum absolute atomic E-state index is 5.22. The molecule has 2 aromatic rings. The number of hydrogen-bond donors (Lipinski definition) is 1. The normalized spacial score (nSPS) is 12.2. The van der Waals surface area contributed by atoms with E-state index in [1.807, 2.05) is 12.1 Å². The fourth-order valence-electron chi connectivity index (χ4n) is 2.69. The van der Waals surface area contributed by atoms with Crippen molar-refractivity contribution in [3.8, 4) is 5.75 Å². The first-order valence-corrected chi connectivity index (χ1v) is 7.58. The number of ether oxygens (including phenoxy) is 1. The van der Waals surface area contributed by atoms with E-state index in [1.54, 1.807) is 7.11 Å². The molecule has 0 aliphatic heterocycles. The van der Waals surface area contributed by atoms with Crippen molar-refractivity contribution in [2.75, 3.05) is 7.11 Å². The minimum atomic E-state index is 0.370. The summed E-state index contributed by atoms with van der Waals surface area (Å²) < 4.78 is 5.22. The Morgan fingerprint density at radius 3 is 2.14 bits per heavy atom. The molecule has 0 bridgehead atoms. The summed E-state index contributed by atoms with van der Waals surface area (Å²) in [6.45, 7) is 7.48. The van der Waals surface area contributed by atoms with Gasteiger partial charge in [0.2, 0.25) is 0 Å². The molecule has 112 valence electrons. The number of hydrogen-bond acceptors (Lipinski definition) is 2. The number of aryl methyl sites for hydroxylation is 2. The summed E-state index contributed by atoms with van der Waals surface area (Å²) in [5.74, 6) is 0.906. The molecule has 0 amide bonds. The number of rotatable bonds is 6. The Morgan fingerprint density at radius 1 is 1.00 bits per heavy atom. The van der Waals surface area contributed by atoms with Gasteiger partial charge in [0.1, 0.15) is 5.75 Å². The second-order valence-corrected chi connectivity index (χ2v) is 5.49. The molecular formula is C19H25NO. The van der Waals surface area contributed by atoms with Crippen molar-refractivity contribution in [2.24, 2.45) is 0 Å². The standard InChI is InChI=1S/C19H25NO/c1-5-19(16-9-11-17(21-4)12-10-16)20-13-18-14(2)7-6-8-15(18)3/h6-12,19-20H,5,13H2,1-4H3. The Morgan fingerprint density at radius 2 is 1.62 bits per heavy atom. The van der Waals surface area contributed by atoms with Crippen LogP contribution in [0.1, 0.15) is 41.6 Å². The molecular weight excluding hydrogens is 258 g/mol. The van der Waals surface area contributed by atoms with Gasteiger partial charge in [-0.1, -0.05) is 37.3 Å². The molecule has 1 unspecified atom stereocenters. The topological polar surface area (TPSA) is 21.3 Å². The lowest BCUT2D eigenvalue weighted by Crippen LogP contribution is -2.21. The smallest absolute Gasteiger partial charge is 0.118 e. The van der Waals surface area contributed by atoms with Crippen molar-refractivity contribution in [2.45, 2.75) is 39.8 Å². The number of benzene rings is 2. The summed E-state index contributed by atoms with van der Waals surface area (Å²) in [7, 11) is 1.70. The highest BCUT2D eigenvalue weighted by atomic mass is 16.5. The fraction of sp³-hybridized carbons (Fsp3) is 0.368. The van der Waals surface area contributed by atoms with E-state index in [2.05, 4.69) is 56.4 Å². The van der Waals surface area contributed by atoms with Crippen molar-refractivity contribution >= 4 is 0 Å². The van der Waals surface area contributed by atoms with Gasteiger partial charge in [-0.25, -0.2) is 0 Å². The maximum Gasteiger partial charge on any atom is 0.118 e. The van der Waals surface area contributed by atoms with Gasteiger partial charge in [0.15, 0.2) is 0 Å². The Kier molecular flexibility index (Phi) is 5.40. The molecule has 0 saturated heterocycles. The van der Waals surface area contributed by atoms with Crippen LogP contribution in [0, 0.1) is 13.8 Å². The van der Waals surface area contributed by atoms with Gasteiger partial charge in [0.05, 0.1) is 7.11 Å². The van der Waals surface area contributed by atoms with Crippen LogP contribution in [-0.2, 0) is 6.54 Å². The van der Waals surface area contributed by atoms with Gasteiger partial charge in [-0.15, -0.1) is 0 Å². The quantitative estimate of drug-likeness (QED) is 0.839. The molecule has 0 radical (unpaired) electrons. The van der Waals surface area contributed by atoms with Crippen molar-refractivity contribution in [3.63, 3.8) is 0 Å².